The first-order chi connectivity index (χ1) is 16.4. The highest BCUT2D eigenvalue weighted by Crippen LogP contribution is 2.41. The maximum absolute atomic E-state index is 13.2. The Morgan fingerprint density at radius 3 is 2.68 bits per heavy atom. The Morgan fingerprint density at radius 1 is 1.15 bits per heavy atom. The summed E-state index contributed by atoms with van der Waals surface area (Å²) >= 11 is 1.61. The molecule has 0 unspecified atom stereocenters. The summed E-state index contributed by atoms with van der Waals surface area (Å²) in [5.74, 6) is 1.13. The first kappa shape index (κ1) is 22.8. The predicted molar refractivity (Wildman–Crippen MR) is 130 cm³/mol. The van der Waals surface area contributed by atoms with Crippen molar-refractivity contribution < 1.29 is 18.7 Å². The zero-order chi connectivity index (χ0) is 23.7. The molecule has 34 heavy (non-hydrogen) atoms. The monoisotopic (exact) mass is 481 g/mol. The van der Waals surface area contributed by atoms with Crippen LogP contribution in [0.15, 0.2) is 47.8 Å². The van der Waals surface area contributed by atoms with E-state index in [-0.39, 0.29) is 23.9 Å². The normalized spacial score (nSPS) is 17.3. The lowest BCUT2D eigenvalue weighted by Gasteiger charge is -2.34. The lowest BCUT2D eigenvalue weighted by Crippen LogP contribution is -2.49. The van der Waals surface area contributed by atoms with E-state index in [1.54, 1.807) is 23.5 Å². The fraction of sp³-hybridized carbons (Fsp3) is 0.385. The van der Waals surface area contributed by atoms with E-state index < -0.39 is 0 Å². The number of para-hydroxylation sites is 1. The molecule has 0 spiro atoms. The van der Waals surface area contributed by atoms with Gasteiger partial charge >= 0.3 is 0 Å². The average molecular weight is 482 g/mol. The fourth-order valence-corrected chi connectivity index (χ4v) is 5.26. The predicted octanol–water partition coefficient (Wildman–Crippen LogP) is 4.39. The summed E-state index contributed by atoms with van der Waals surface area (Å²) in [6.07, 6.45) is 0.833. The molecule has 3 aromatic rings. The van der Waals surface area contributed by atoms with Crippen molar-refractivity contribution in [1.29, 1.82) is 0 Å². The van der Waals surface area contributed by atoms with Crippen molar-refractivity contribution in [3.63, 3.8) is 0 Å². The Morgan fingerprint density at radius 2 is 1.91 bits per heavy atom. The minimum absolute atomic E-state index is 0.00769. The van der Waals surface area contributed by atoms with Gasteiger partial charge in [0.25, 0.3) is 5.91 Å². The number of aromatic nitrogens is 1. The first-order valence-corrected chi connectivity index (χ1v) is 12.4. The van der Waals surface area contributed by atoms with Crippen LogP contribution in [-0.4, -0.2) is 59.1 Å². The summed E-state index contributed by atoms with van der Waals surface area (Å²) in [4.78, 5) is 21.6. The zero-order valence-electron chi connectivity index (χ0n) is 19.4. The summed E-state index contributed by atoms with van der Waals surface area (Å²) in [6.45, 7) is 7.75. The first-order valence-electron chi connectivity index (χ1n) is 11.5. The third kappa shape index (κ3) is 5.08. The Labute approximate surface area is 202 Å². The Bertz CT molecular complexity index is 1170. The molecule has 0 N–H and O–H groups in total. The van der Waals surface area contributed by atoms with E-state index in [1.165, 1.54) is 12.1 Å². The molecule has 2 aliphatic heterocycles. The van der Waals surface area contributed by atoms with Crippen molar-refractivity contribution in [3.05, 3.63) is 64.2 Å². The fourth-order valence-electron chi connectivity index (χ4n) is 4.42. The lowest BCUT2D eigenvalue weighted by molar-refractivity contribution is -0.135. The van der Waals surface area contributed by atoms with Crippen molar-refractivity contribution in [3.8, 4) is 22.8 Å². The molecule has 2 aliphatic rings. The minimum Gasteiger partial charge on any atom is -0.483 e. The molecule has 1 saturated heterocycles. The largest absolute Gasteiger partial charge is 0.483 e. The highest BCUT2D eigenvalue weighted by molar-refractivity contribution is 7.09. The number of carbonyl (C=O) groups is 1. The van der Waals surface area contributed by atoms with Gasteiger partial charge in [0.2, 0.25) is 0 Å². The molecule has 3 heterocycles. The summed E-state index contributed by atoms with van der Waals surface area (Å²) < 4.78 is 25.1. The summed E-state index contributed by atoms with van der Waals surface area (Å²) in [7, 11) is 0. The Balaban J connectivity index is 1.11. The highest BCUT2D eigenvalue weighted by Gasteiger charge is 2.32. The smallest absolute Gasteiger partial charge is 0.260 e. The zero-order valence-corrected chi connectivity index (χ0v) is 20.2. The van der Waals surface area contributed by atoms with Crippen LogP contribution in [0.5, 0.6) is 11.5 Å². The van der Waals surface area contributed by atoms with Crippen LogP contribution < -0.4 is 9.47 Å². The number of ether oxygens (including phenoxy) is 2. The van der Waals surface area contributed by atoms with Gasteiger partial charge in [0, 0.05) is 49.1 Å². The molecule has 0 saturated carbocycles. The molecule has 0 radical (unpaired) electrons. The molecule has 0 atom stereocenters. The van der Waals surface area contributed by atoms with Crippen molar-refractivity contribution in [2.45, 2.75) is 32.4 Å². The van der Waals surface area contributed by atoms with Crippen molar-refractivity contribution >= 4 is 17.2 Å². The van der Waals surface area contributed by atoms with Crippen LogP contribution in [-0.2, 0) is 17.8 Å². The number of halogens is 1. The topological polar surface area (TPSA) is 54.9 Å². The molecule has 1 amide bonds. The number of piperazine rings is 1. The van der Waals surface area contributed by atoms with Crippen molar-refractivity contribution in [1.82, 2.24) is 14.8 Å². The highest BCUT2D eigenvalue weighted by atomic mass is 32.1. The maximum Gasteiger partial charge on any atom is 0.260 e. The van der Waals surface area contributed by atoms with Gasteiger partial charge in [-0.15, -0.1) is 11.3 Å². The molecule has 1 fully saturated rings. The van der Waals surface area contributed by atoms with E-state index in [2.05, 4.69) is 18.7 Å². The molecule has 6 nitrogen and oxygen atoms in total. The van der Waals surface area contributed by atoms with E-state index in [1.807, 2.05) is 28.5 Å². The second-order valence-electron chi connectivity index (χ2n) is 9.36. The summed E-state index contributed by atoms with van der Waals surface area (Å²) in [5, 5.41) is 3.02. The Kier molecular flexibility index (Phi) is 6.27. The van der Waals surface area contributed by atoms with Crippen LogP contribution in [0.3, 0.4) is 0 Å². The van der Waals surface area contributed by atoms with Crippen LogP contribution in [0.1, 0.15) is 24.4 Å². The third-order valence-electron chi connectivity index (χ3n) is 6.18. The number of fused-ring (bicyclic) bond motifs is 1. The molecule has 178 valence electrons. The molecular formula is C26H28FN3O3S. The number of carbonyl (C=O) groups excluding carboxylic acids is 1. The van der Waals surface area contributed by atoms with E-state index in [0.29, 0.717) is 18.8 Å². The van der Waals surface area contributed by atoms with E-state index >= 15 is 0 Å². The number of benzene rings is 2. The maximum atomic E-state index is 13.2. The molecular weight excluding hydrogens is 453 g/mol. The van der Waals surface area contributed by atoms with E-state index in [4.69, 9.17) is 14.5 Å². The number of rotatable bonds is 6. The van der Waals surface area contributed by atoms with Gasteiger partial charge in [-0.2, -0.15) is 0 Å². The van der Waals surface area contributed by atoms with Crippen LogP contribution in [0, 0.1) is 5.82 Å². The van der Waals surface area contributed by atoms with Crippen molar-refractivity contribution in [2.75, 3.05) is 32.8 Å². The SMILES string of the molecule is CC1(C)Cc2cccc(OCC(=O)N3CCN(Cc4nc(-c5ccc(F)cc5)cs4)CC3)c2O1. The van der Waals surface area contributed by atoms with E-state index in [0.717, 1.165) is 53.6 Å². The molecule has 2 aromatic carbocycles. The number of thiazole rings is 1. The second-order valence-corrected chi connectivity index (χ2v) is 10.3. The standard InChI is InChI=1S/C26H28FN3O3S/c1-26(2)14-19-4-3-5-22(25(19)33-26)32-16-24(31)30-12-10-29(11-13-30)15-23-28-21(17-34-23)18-6-8-20(27)9-7-18/h3-9,17H,10-16H2,1-2H3. The molecule has 1 aromatic heterocycles. The molecule has 5 rings (SSSR count). The van der Waals surface area contributed by atoms with E-state index in [9.17, 15) is 9.18 Å². The van der Waals surface area contributed by atoms with Gasteiger partial charge in [-0.1, -0.05) is 12.1 Å². The number of amides is 1. The summed E-state index contributed by atoms with van der Waals surface area (Å²) in [5.41, 5.74) is 2.65. The number of hydrogen-bond donors (Lipinski definition) is 0. The molecule has 0 aliphatic carbocycles. The number of nitrogens with zero attached hydrogens (tertiary/aromatic N) is 3. The van der Waals surface area contributed by atoms with Gasteiger partial charge in [-0.25, -0.2) is 9.37 Å². The van der Waals surface area contributed by atoms with Gasteiger partial charge in [-0.05, 0) is 44.2 Å². The van der Waals surface area contributed by atoms with Gasteiger partial charge in [0.05, 0.1) is 12.2 Å². The lowest BCUT2D eigenvalue weighted by atomic mass is 10.0. The molecule has 0 bridgehead atoms. The Hall–Kier alpha value is -2.97. The molecule has 8 heteroatoms. The van der Waals surface area contributed by atoms with Gasteiger partial charge in [0.15, 0.2) is 18.1 Å². The van der Waals surface area contributed by atoms with Gasteiger partial charge < -0.3 is 14.4 Å². The summed E-state index contributed by atoms with van der Waals surface area (Å²) in [6, 6.07) is 12.3. The van der Waals surface area contributed by atoms with Gasteiger partial charge in [-0.3, -0.25) is 9.69 Å². The van der Waals surface area contributed by atoms with Crippen molar-refractivity contribution in [2.24, 2.45) is 0 Å². The van der Waals surface area contributed by atoms with Gasteiger partial charge in [0.1, 0.15) is 16.4 Å². The quantitative estimate of drug-likeness (QED) is 0.523. The van der Waals surface area contributed by atoms with Crippen LogP contribution >= 0.6 is 11.3 Å². The van der Waals surface area contributed by atoms with Crippen LogP contribution in [0.2, 0.25) is 0 Å². The second kappa shape index (κ2) is 9.35. The van der Waals surface area contributed by atoms with Crippen LogP contribution in [0.25, 0.3) is 11.3 Å². The average Bonchev–Trinajstić information content (AvgIpc) is 3.41. The van der Waals surface area contributed by atoms with Crippen LogP contribution in [0.4, 0.5) is 4.39 Å². The number of hydrogen-bond acceptors (Lipinski definition) is 6. The minimum atomic E-state index is -0.251. The third-order valence-corrected chi connectivity index (χ3v) is 7.02.